The molecule has 20 heavy (non-hydrogen) atoms. The molecule has 1 aromatic heterocycles. The van der Waals surface area contributed by atoms with Gasteiger partial charge in [0, 0.05) is 23.8 Å². The molecule has 0 radical (unpaired) electrons. The van der Waals surface area contributed by atoms with Gasteiger partial charge in [0.15, 0.2) is 0 Å². The van der Waals surface area contributed by atoms with E-state index in [0.29, 0.717) is 6.04 Å². The maximum atomic E-state index is 4.06. The van der Waals surface area contributed by atoms with E-state index in [1.165, 1.54) is 11.1 Å². The Labute approximate surface area is 121 Å². The van der Waals surface area contributed by atoms with Crippen molar-refractivity contribution in [3.8, 4) is 0 Å². The molecule has 1 atom stereocenters. The molecule has 0 bridgehead atoms. The maximum absolute atomic E-state index is 4.06. The van der Waals surface area contributed by atoms with E-state index >= 15 is 0 Å². The molecule has 0 amide bonds. The van der Waals surface area contributed by atoms with Crippen LogP contribution in [0.5, 0.6) is 0 Å². The van der Waals surface area contributed by atoms with Gasteiger partial charge in [-0.05, 0) is 31.2 Å². The highest BCUT2D eigenvalue weighted by Gasteiger charge is 2.22. The Hall–Kier alpha value is -1.61. The molecule has 1 heterocycles. The average Bonchev–Trinajstić information content (AvgIpc) is 2.82. The smallest absolute Gasteiger partial charge is 0.0535 e. The lowest BCUT2D eigenvalue weighted by Crippen LogP contribution is -2.33. The second-order valence-corrected chi connectivity index (χ2v) is 6.26. The maximum Gasteiger partial charge on any atom is 0.0535 e. The standard InChI is InChI=1S/C17H25N3/c1-13(18-11-15-12-19-20-14(15)2)10-17(3,4)16-8-6-5-7-9-16/h5-9,12-13,18H,10-11H2,1-4H3,(H,19,20). The van der Waals surface area contributed by atoms with Crippen LogP contribution in [0.1, 0.15) is 44.0 Å². The van der Waals surface area contributed by atoms with Gasteiger partial charge >= 0.3 is 0 Å². The quantitative estimate of drug-likeness (QED) is 0.843. The van der Waals surface area contributed by atoms with Gasteiger partial charge in [0.1, 0.15) is 0 Å². The van der Waals surface area contributed by atoms with Crippen molar-refractivity contribution in [2.75, 3.05) is 0 Å². The van der Waals surface area contributed by atoms with E-state index < -0.39 is 0 Å². The topological polar surface area (TPSA) is 40.7 Å². The Morgan fingerprint density at radius 3 is 2.55 bits per heavy atom. The van der Waals surface area contributed by atoms with Crippen molar-refractivity contribution in [2.45, 2.75) is 52.1 Å². The third-order valence-electron chi connectivity index (χ3n) is 3.95. The van der Waals surface area contributed by atoms with Crippen LogP contribution < -0.4 is 5.32 Å². The van der Waals surface area contributed by atoms with Gasteiger partial charge in [0.2, 0.25) is 0 Å². The van der Waals surface area contributed by atoms with Crippen LogP contribution in [0.4, 0.5) is 0 Å². The van der Waals surface area contributed by atoms with Crippen molar-refractivity contribution in [3.05, 3.63) is 53.3 Å². The molecular weight excluding hydrogens is 246 g/mol. The number of nitrogens with one attached hydrogen (secondary N) is 2. The van der Waals surface area contributed by atoms with E-state index in [-0.39, 0.29) is 5.41 Å². The lowest BCUT2D eigenvalue weighted by Gasteiger charge is -2.29. The van der Waals surface area contributed by atoms with Crippen molar-refractivity contribution in [1.29, 1.82) is 0 Å². The molecule has 1 aromatic carbocycles. The first-order valence-corrected chi connectivity index (χ1v) is 7.27. The summed E-state index contributed by atoms with van der Waals surface area (Å²) >= 11 is 0. The van der Waals surface area contributed by atoms with Gasteiger partial charge in [-0.3, -0.25) is 5.10 Å². The minimum absolute atomic E-state index is 0.180. The van der Waals surface area contributed by atoms with Gasteiger partial charge in [0.25, 0.3) is 0 Å². The molecule has 3 nitrogen and oxygen atoms in total. The highest BCUT2D eigenvalue weighted by molar-refractivity contribution is 5.23. The van der Waals surface area contributed by atoms with Crippen LogP contribution >= 0.6 is 0 Å². The first kappa shape index (κ1) is 14.8. The lowest BCUT2D eigenvalue weighted by atomic mass is 9.79. The molecule has 0 aliphatic heterocycles. The molecule has 1 unspecified atom stereocenters. The Morgan fingerprint density at radius 1 is 1.25 bits per heavy atom. The zero-order valence-electron chi connectivity index (χ0n) is 12.9. The first-order valence-electron chi connectivity index (χ1n) is 7.27. The number of benzene rings is 1. The fraction of sp³-hybridized carbons (Fsp3) is 0.471. The number of aromatic amines is 1. The van der Waals surface area contributed by atoms with Gasteiger partial charge in [-0.25, -0.2) is 0 Å². The molecule has 0 aliphatic rings. The van der Waals surface area contributed by atoms with Crippen LogP contribution in [0.3, 0.4) is 0 Å². The lowest BCUT2D eigenvalue weighted by molar-refractivity contribution is 0.388. The zero-order chi connectivity index (χ0) is 14.6. The second kappa shape index (κ2) is 6.23. The van der Waals surface area contributed by atoms with Crippen LogP contribution in [0.2, 0.25) is 0 Å². The fourth-order valence-electron chi connectivity index (χ4n) is 2.68. The Kier molecular flexibility index (Phi) is 4.61. The first-order chi connectivity index (χ1) is 9.49. The van der Waals surface area contributed by atoms with Crippen molar-refractivity contribution in [2.24, 2.45) is 0 Å². The molecule has 3 heteroatoms. The Bertz CT molecular complexity index is 528. The summed E-state index contributed by atoms with van der Waals surface area (Å²) in [4.78, 5) is 0. The predicted octanol–water partition coefficient (Wildman–Crippen LogP) is 3.56. The molecule has 0 saturated heterocycles. The Morgan fingerprint density at radius 2 is 1.95 bits per heavy atom. The normalized spacial score (nSPS) is 13.4. The third-order valence-corrected chi connectivity index (χ3v) is 3.95. The second-order valence-electron chi connectivity index (χ2n) is 6.26. The fourth-order valence-corrected chi connectivity index (χ4v) is 2.68. The number of rotatable bonds is 6. The van der Waals surface area contributed by atoms with Crippen molar-refractivity contribution in [3.63, 3.8) is 0 Å². The molecule has 0 spiro atoms. The van der Waals surface area contributed by atoms with E-state index in [1.54, 1.807) is 0 Å². The zero-order valence-corrected chi connectivity index (χ0v) is 12.9. The van der Waals surface area contributed by atoms with Gasteiger partial charge in [0.05, 0.1) is 6.20 Å². The highest BCUT2D eigenvalue weighted by atomic mass is 15.1. The van der Waals surface area contributed by atoms with Crippen LogP contribution in [0.25, 0.3) is 0 Å². The monoisotopic (exact) mass is 271 g/mol. The summed E-state index contributed by atoms with van der Waals surface area (Å²) in [6, 6.07) is 11.2. The summed E-state index contributed by atoms with van der Waals surface area (Å²) in [6.07, 6.45) is 3.01. The van der Waals surface area contributed by atoms with Gasteiger partial charge in [-0.15, -0.1) is 0 Å². The minimum Gasteiger partial charge on any atom is -0.310 e. The summed E-state index contributed by atoms with van der Waals surface area (Å²) in [7, 11) is 0. The molecule has 0 fully saturated rings. The number of hydrogen-bond acceptors (Lipinski definition) is 2. The van der Waals surface area contributed by atoms with Gasteiger partial charge < -0.3 is 5.32 Å². The summed E-state index contributed by atoms with van der Waals surface area (Å²) < 4.78 is 0. The molecule has 2 rings (SSSR count). The molecule has 0 saturated carbocycles. The van der Waals surface area contributed by atoms with Crippen LogP contribution in [0.15, 0.2) is 36.5 Å². The number of aromatic nitrogens is 2. The predicted molar refractivity (Wildman–Crippen MR) is 83.7 cm³/mol. The summed E-state index contributed by atoms with van der Waals surface area (Å²) in [5.74, 6) is 0. The SMILES string of the molecule is Cc1[nH]ncc1CNC(C)CC(C)(C)c1ccccc1. The van der Waals surface area contributed by atoms with E-state index in [9.17, 15) is 0 Å². The largest absolute Gasteiger partial charge is 0.310 e. The van der Waals surface area contributed by atoms with Crippen molar-refractivity contribution < 1.29 is 0 Å². The van der Waals surface area contributed by atoms with E-state index in [1.807, 2.05) is 6.20 Å². The molecule has 108 valence electrons. The van der Waals surface area contributed by atoms with Crippen LogP contribution in [-0.4, -0.2) is 16.2 Å². The van der Waals surface area contributed by atoms with Crippen molar-refractivity contribution >= 4 is 0 Å². The van der Waals surface area contributed by atoms with E-state index in [2.05, 4.69) is 73.5 Å². The summed E-state index contributed by atoms with van der Waals surface area (Å²) in [5, 5.41) is 10.6. The number of nitrogens with zero attached hydrogens (tertiary/aromatic N) is 1. The van der Waals surface area contributed by atoms with Crippen molar-refractivity contribution in [1.82, 2.24) is 15.5 Å². The van der Waals surface area contributed by atoms with Gasteiger partial charge in [-0.2, -0.15) is 5.10 Å². The minimum atomic E-state index is 0.180. The number of aryl methyl sites for hydroxylation is 1. The third kappa shape index (κ3) is 3.70. The molecule has 2 aromatic rings. The van der Waals surface area contributed by atoms with Gasteiger partial charge in [-0.1, -0.05) is 44.2 Å². The summed E-state index contributed by atoms with van der Waals surface area (Å²) in [5.41, 5.74) is 3.97. The number of hydrogen-bond donors (Lipinski definition) is 2. The average molecular weight is 271 g/mol. The van der Waals surface area contributed by atoms with Crippen LogP contribution in [0, 0.1) is 6.92 Å². The molecular formula is C17H25N3. The highest BCUT2D eigenvalue weighted by Crippen LogP contribution is 2.28. The number of H-pyrrole nitrogens is 1. The van der Waals surface area contributed by atoms with E-state index in [0.717, 1.165) is 18.7 Å². The Balaban J connectivity index is 1.91. The molecule has 2 N–H and O–H groups in total. The van der Waals surface area contributed by atoms with Crippen LogP contribution in [-0.2, 0) is 12.0 Å². The summed E-state index contributed by atoms with van der Waals surface area (Å²) in [6.45, 7) is 9.80. The molecule has 0 aliphatic carbocycles. The van der Waals surface area contributed by atoms with E-state index in [4.69, 9.17) is 0 Å².